The number of hydrogen-bond acceptors (Lipinski definition) is 3. The average molecular weight is 240 g/mol. The molecule has 1 aromatic heterocycles. The van der Waals surface area contributed by atoms with Gasteiger partial charge in [-0.2, -0.15) is 0 Å². The molecular formula is C14H12N2O2. The molecule has 4 nitrogen and oxygen atoms in total. The van der Waals surface area contributed by atoms with Crippen molar-refractivity contribution in [1.29, 1.82) is 0 Å². The van der Waals surface area contributed by atoms with Crippen molar-refractivity contribution in [1.82, 2.24) is 4.98 Å². The standard InChI is InChI=1S/C14H12N2O2/c1-2-3-11-4-6-12(7-5-11)14-9-8-13(10-15-14)16(17)18/h2-10H,1H3/b3-2+. The zero-order valence-corrected chi connectivity index (χ0v) is 9.91. The summed E-state index contributed by atoms with van der Waals surface area (Å²) < 4.78 is 0. The van der Waals surface area contributed by atoms with Crippen LogP contribution in [-0.4, -0.2) is 9.91 Å². The molecule has 0 N–H and O–H groups in total. The molecule has 0 amide bonds. The van der Waals surface area contributed by atoms with Crippen molar-refractivity contribution >= 4 is 11.8 Å². The number of rotatable bonds is 3. The maximum atomic E-state index is 10.5. The molecule has 18 heavy (non-hydrogen) atoms. The summed E-state index contributed by atoms with van der Waals surface area (Å²) in [4.78, 5) is 14.2. The van der Waals surface area contributed by atoms with Gasteiger partial charge in [-0.05, 0) is 18.6 Å². The van der Waals surface area contributed by atoms with E-state index in [1.165, 1.54) is 12.3 Å². The summed E-state index contributed by atoms with van der Waals surface area (Å²) in [7, 11) is 0. The third kappa shape index (κ3) is 2.60. The van der Waals surface area contributed by atoms with Gasteiger partial charge in [-0.15, -0.1) is 0 Å². The summed E-state index contributed by atoms with van der Waals surface area (Å²) in [5.74, 6) is 0. The van der Waals surface area contributed by atoms with E-state index < -0.39 is 4.92 Å². The molecule has 0 aliphatic rings. The number of aromatic nitrogens is 1. The quantitative estimate of drug-likeness (QED) is 0.607. The van der Waals surface area contributed by atoms with Gasteiger partial charge in [0, 0.05) is 11.6 Å². The first-order chi connectivity index (χ1) is 8.70. The second-order valence-corrected chi connectivity index (χ2v) is 3.78. The zero-order valence-electron chi connectivity index (χ0n) is 9.91. The molecular weight excluding hydrogens is 228 g/mol. The lowest BCUT2D eigenvalue weighted by molar-refractivity contribution is -0.385. The van der Waals surface area contributed by atoms with Crippen molar-refractivity contribution in [3.63, 3.8) is 0 Å². The highest BCUT2D eigenvalue weighted by atomic mass is 16.6. The third-order valence-corrected chi connectivity index (χ3v) is 2.52. The van der Waals surface area contributed by atoms with Crippen LogP contribution in [0.25, 0.3) is 17.3 Å². The second-order valence-electron chi connectivity index (χ2n) is 3.78. The zero-order chi connectivity index (χ0) is 13.0. The molecule has 0 radical (unpaired) electrons. The Morgan fingerprint density at radius 1 is 1.17 bits per heavy atom. The van der Waals surface area contributed by atoms with Gasteiger partial charge in [0.2, 0.25) is 0 Å². The number of nitrogens with zero attached hydrogens (tertiary/aromatic N) is 2. The minimum absolute atomic E-state index is 0.00397. The van der Waals surface area contributed by atoms with E-state index >= 15 is 0 Å². The van der Waals surface area contributed by atoms with Gasteiger partial charge in [0.25, 0.3) is 5.69 Å². The first-order valence-corrected chi connectivity index (χ1v) is 5.54. The number of pyridine rings is 1. The Balaban J connectivity index is 2.28. The maximum Gasteiger partial charge on any atom is 0.287 e. The topological polar surface area (TPSA) is 56.0 Å². The molecule has 0 fully saturated rings. The van der Waals surface area contributed by atoms with Crippen molar-refractivity contribution < 1.29 is 4.92 Å². The van der Waals surface area contributed by atoms with Crippen molar-refractivity contribution in [3.8, 4) is 11.3 Å². The monoisotopic (exact) mass is 240 g/mol. The predicted octanol–water partition coefficient (Wildman–Crippen LogP) is 3.69. The minimum Gasteiger partial charge on any atom is -0.258 e. The first kappa shape index (κ1) is 12.0. The van der Waals surface area contributed by atoms with Crippen LogP contribution < -0.4 is 0 Å². The van der Waals surface area contributed by atoms with E-state index in [1.807, 2.05) is 43.3 Å². The average Bonchev–Trinajstić information content (AvgIpc) is 2.40. The molecule has 0 spiro atoms. The summed E-state index contributed by atoms with van der Waals surface area (Å²) >= 11 is 0. The van der Waals surface area contributed by atoms with E-state index in [1.54, 1.807) is 6.07 Å². The minimum atomic E-state index is -0.452. The van der Waals surface area contributed by atoms with Gasteiger partial charge in [-0.3, -0.25) is 10.1 Å². The molecule has 0 bridgehead atoms. The van der Waals surface area contributed by atoms with Gasteiger partial charge < -0.3 is 0 Å². The molecule has 0 saturated carbocycles. The fourth-order valence-corrected chi connectivity index (χ4v) is 1.62. The maximum absolute atomic E-state index is 10.5. The summed E-state index contributed by atoms with van der Waals surface area (Å²) in [5, 5.41) is 10.5. The number of nitro groups is 1. The second kappa shape index (κ2) is 5.23. The third-order valence-electron chi connectivity index (χ3n) is 2.52. The van der Waals surface area contributed by atoms with Crippen LogP contribution in [0.3, 0.4) is 0 Å². The fraction of sp³-hybridized carbons (Fsp3) is 0.0714. The molecule has 0 unspecified atom stereocenters. The Hall–Kier alpha value is -2.49. The van der Waals surface area contributed by atoms with E-state index in [0.717, 1.165) is 16.8 Å². The number of benzene rings is 1. The largest absolute Gasteiger partial charge is 0.287 e. The fourth-order valence-electron chi connectivity index (χ4n) is 1.62. The molecule has 1 heterocycles. The van der Waals surface area contributed by atoms with Crippen LogP contribution in [0.4, 0.5) is 5.69 Å². The lowest BCUT2D eigenvalue weighted by atomic mass is 10.1. The van der Waals surface area contributed by atoms with Crippen molar-refractivity contribution in [2.75, 3.05) is 0 Å². The van der Waals surface area contributed by atoms with E-state index in [2.05, 4.69) is 4.98 Å². The van der Waals surface area contributed by atoms with Gasteiger partial charge >= 0.3 is 0 Å². The van der Waals surface area contributed by atoms with Crippen LogP contribution in [0.1, 0.15) is 12.5 Å². The highest BCUT2D eigenvalue weighted by Gasteiger charge is 2.06. The molecule has 1 aromatic carbocycles. The van der Waals surface area contributed by atoms with E-state index in [9.17, 15) is 10.1 Å². The Kier molecular flexibility index (Phi) is 3.48. The molecule has 0 saturated heterocycles. The molecule has 0 aliphatic carbocycles. The smallest absolute Gasteiger partial charge is 0.258 e. The van der Waals surface area contributed by atoms with Crippen LogP contribution in [-0.2, 0) is 0 Å². The Labute approximate surface area is 105 Å². The summed E-state index contributed by atoms with van der Waals surface area (Å²) in [6, 6.07) is 11.0. The van der Waals surface area contributed by atoms with Crippen molar-refractivity contribution in [2.45, 2.75) is 6.92 Å². The molecule has 90 valence electrons. The van der Waals surface area contributed by atoms with Gasteiger partial charge in [0.15, 0.2) is 0 Å². The van der Waals surface area contributed by atoms with Crippen LogP contribution in [0.5, 0.6) is 0 Å². The Morgan fingerprint density at radius 2 is 1.89 bits per heavy atom. The summed E-state index contributed by atoms with van der Waals surface area (Å²) in [5.41, 5.74) is 2.79. The first-order valence-electron chi connectivity index (χ1n) is 5.54. The van der Waals surface area contributed by atoms with Crippen LogP contribution >= 0.6 is 0 Å². The Bertz CT molecular complexity index is 572. The normalized spacial score (nSPS) is 10.7. The van der Waals surface area contributed by atoms with E-state index in [-0.39, 0.29) is 5.69 Å². The Morgan fingerprint density at radius 3 is 2.39 bits per heavy atom. The van der Waals surface area contributed by atoms with Gasteiger partial charge in [0.1, 0.15) is 6.20 Å². The van der Waals surface area contributed by atoms with E-state index in [4.69, 9.17) is 0 Å². The summed E-state index contributed by atoms with van der Waals surface area (Å²) in [6.45, 7) is 1.96. The molecule has 0 aliphatic heterocycles. The molecule has 2 aromatic rings. The number of allylic oxidation sites excluding steroid dienone is 1. The van der Waals surface area contributed by atoms with Crippen LogP contribution in [0, 0.1) is 10.1 Å². The molecule has 0 atom stereocenters. The lowest BCUT2D eigenvalue weighted by Gasteiger charge is -2.01. The number of hydrogen-bond donors (Lipinski definition) is 0. The summed E-state index contributed by atoms with van der Waals surface area (Å²) in [6.07, 6.45) is 5.25. The van der Waals surface area contributed by atoms with E-state index in [0.29, 0.717) is 0 Å². The molecule has 2 rings (SSSR count). The van der Waals surface area contributed by atoms with Crippen LogP contribution in [0.2, 0.25) is 0 Å². The van der Waals surface area contributed by atoms with Crippen molar-refractivity contribution in [3.05, 3.63) is 64.3 Å². The SMILES string of the molecule is C/C=C/c1ccc(-c2ccc([N+](=O)[O-])cn2)cc1. The predicted molar refractivity (Wildman–Crippen MR) is 71.0 cm³/mol. The highest BCUT2D eigenvalue weighted by molar-refractivity contribution is 5.62. The molecule has 4 heteroatoms. The van der Waals surface area contributed by atoms with Gasteiger partial charge in [0.05, 0.1) is 10.6 Å². The van der Waals surface area contributed by atoms with Crippen molar-refractivity contribution in [2.24, 2.45) is 0 Å². The highest BCUT2D eigenvalue weighted by Crippen LogP contribution is 2.20. The van der Waals surface area contributed by atoms with Gasteiger partial charge in [-0.1, -0.05) is 36.4 Å². The van der Waals surface area contributed by atoms with Crippen LogP contribution in [0.15, 0.2) is 48.7 Å². The lowest BCUT2D eigenvalue weighted by Crippen LogP contribution is -1.90. The van der Waals surface area contributed by atoms with Gasteiger partial charge in [-0.25, -0.2) is 4.98 Å².